The zero-order chi connectivity index (χ0) is 18.2. The summed E-state index contributed by atoms with van der Waals surface area (Å²) in [5, 5.41) is 6.97. The molecule has 3 aromatic rings. The molecule has 0 bridgehead atoms. The molecule has 0 aliphatic rings. The van der Waals surface area contributed by atoms with Gasteiger partial charge in [-0.15, -0.1) is 11.3 Å². The fourth-order valence-corrected chi connectivity index (χ4v) is 4.48. The Labute approximate surface area is 160 Å². The van der Waals surface area contributed by atoms with Crippen LogP contribution in [0.4, 0.5) is 5.69 Å². The predicted molar refractivity (Wildman–Crippen MR) is 103 cm³/mol. The number of anilines is 1. The van der Waals surface area contributed by atoms with Crippen molar-refractivity contribution in [3.63, 3.8) is 0 Å². The molecule has 0 radical (unpaired) electrons. The first-order valence-corrected chi connectivity index (χ1v) is 10.5. The summed E-state index contributed by atoms with van der Waals surface area (Å²) in [4.78, 5) is 0.906. The highest BCUT2D eigenvalue weighted by Gasteiger charge is 2.25. The molecule has 0 aliphatic heterocycles. The van der Waals surface area contributed by atoms with E-state index in [0.717, 1.165) is 4.88 Å². The number of benzene rings is 1. The molecule has 2 aromatic heterocycles. The number of nitrogens with one attached hydrogen (secondary N) is 1. The van der Waals surface area contributed by atoms with Crippen LogP contribution in [0.25, 0.3) is 10.6 Å². The van der Waals surface area contributed by atoms with Crippen molar-refractivity contribution in [1.29, 1.82) is 0 Å². The number of thiophene rings is 1. The molecule has 0 atom stereocenters. The van der Waals surface area contributed by atoms with Gasteiger partial charge in [0.1, 0.15) is 10.6 Å². The lowest BCUT2D eigenvalue weighted by Gasteiger charge is -2.08. The van der Waals surface area contributed by atoms with E-state index in [2.05, 4.69) is 9.82 Å². The molecule has 2 heterocycles. The van der Waals surface area contributed by atoms with Crippen LogP contribution in [0.15, 0.2) is 46.8 Å². The van der Waals surface area contributed by atoms with Gasteiger partial charge in [0.25, 0.3) is 10.0 Å². The van der Waals surface area contributed by atoms with Crippen molar-refractivity contribution < 1.29 is 8.42 Å². The Hall–Kier alpha value is -1.54. The minimum atomic E-state index is -3.84. The minimum Gasteiger partial charge on any atom is -0.279 e. The van der Waals surface area contributed by atoms with E-state index in [1.807, 2.05) is 31.4 Å². The van der Waals surface area contributed by atoms with Crippen LogP contribution in [0, 0.1) is 0 Å². The average molecular weight is 416 g/mol. The number of halogens is 2. The molecule has 0 saturated heterocycles. The average Bonchev–Trinajstić information content (AvgIpc) is 3.19. The summed E-state index contributed by atoms with van der Waals surface area (Å²) in [6.07, 6.45) is 1.54. The van der Waals surface area contributed by atoms with E-state index in [0.29, 0.717) is 16.4 Å². The summed E-state index contributed by atoms with van der Waals surface area (Å²) in [5.41, 5.74) is 0.764. The van der Waals surface area contributed by atoms with E-state index in [1.54, 1.807) is 23.0 Å². The molecule has 0 aliphatic carbocycles. The molecule has 9 heteroatoms. The van der Waals surface area contributed by atoms with Crippen LogP contribution in [0.3, 0.4) is 0 Å². The second-order valence-corrected chi connectivity index (χ2v) is 9.04. The minimum absolute atomic E-state index is 0.0349. The Morgan fingerprint density at radius 1 is 1.20 bits per heavy atom. The van der Waals surface area contributed by atoms with Crippen LogP contribution in [0.1, 0.15) is 19.9 Å². The van der Waals surface area contributed by atoms with Gasteiger partial charge in [0, 0.05) is 12.2 Å². The highest BCUT2D eigenvalue weighted by atomic mass is 35.5. The topological polar surface area (TPSA) is 64.0 Å². The smallest absolute Gasteiger partial charge is 0.265 e. The molecular weight excluding hydrogens is 401 g/mol. The molecule has 0 spiro atoms. The summed E-state index contributed by atoms with van der Waals surface area (Å²) >= 11 is 13.3. The summed E-state index contributed by atoms with van der Waals surface area (Å²) < 4.78 is 30.0. The molecule has 0 unspecified atom stereocenters. The highest BCUT2D eigenvalue weighted by molar-refractivity contribution is 7.92. The zero-order valence-electron chi connectivity index (χ0n) is 13.4. The normalized spacial score (nSPS) is 11.9. The van der Waals surface area contributed by atoms with Gasteiger partial charge in [-0.3, -0.25) is 9.40 Å². The molecular formula is C16H15Cl2N3O2S2. The van der Waals surface area contributed by atoms with E-state index in [4.69, 9.17) is 23.2 Å². The summed E-state index contributed by atoms with van der Waals surface area (Å²) in [6.45, 7) is 3.88. The number of rotatable bonds is 5. The summed E-state index contributed by atoms with van der Waals surface area (Å²) in [7, 11) is -3.84. The van der Waals surface area contributed by atoms with Gasteiger partial charge in [0.2, 0.25) is 0 Å². The van der Waals surface area contributed by atoms with Crippen LogP contribution in [0.5, 0.6) is 0 Å². The molecule has 25 heavy (non-hydrogen) atoms. The monoisotopic (exact) mass is 415 g/mol. The van der Waals surface area contributed by atoms with E-state index < -0.39 is 10.0 Å². The Balaban J connectivity index is 2.05. The van der Waals surface area contributed by atoms with Gasteiger partial charge in [0.15, 0.2) is 0 Å². The van der Waals surface area contributed by atoms with E-state index in [1.165, 1.54) is 17.4 Å². The predicted octanol–water partition coefficient (Wildman–Crippen LogP) is 5.30. The van der Waals surface area contributed by atoms with E-state index in [9.17, 15) is 8.42 Å². The third-order valence-corrected chi connectivity index (χ3v) is 6.44. The second kappa shape index (κ2) is 6.99. The second-order valence-electron chi connectivity index (χ2n) is 5.63. The lowest BCUT2D eigenvalue weighted by Crippen LogP contribution is -2.13. The zero-order valence-corrected chi connectivity index (χ0v) is 16.5. The Morgan fingerprint density at radius 2 is 1.96 bits per heavy atom. The lowest BCUT2D eigenvalue weighted by molar-refractivity contribution is 0.532. The maximum atomic E-state index is 12.9. The van der Waals surface area contributed by atoms with E-state index >= 15 is 0 Å². The third-order valence-electron chi connectivity index (χ3n) is 3.44. The molecule has 1 N–H and O–H groups in total. The van der Waals surface area contributed by atoms with Crippen LogP contribution in [-0.4, -0.2) is 18.2 Å². The van der Waals surface area contributed by atoms with Gasteiger partial charge in [-0.05, 0) is 43.5 Å². The summed E-state index contributed by atoms with van der Waals surface area (Å²) in [6, 6.07) is 8.31. The number of aromatic nitrogens is 2. The molecule has 3 rings (SSSR count). The maximum Gasteiger partial charge on any atom is 0.265 e. The van der Waals surface area contributed by atoms with Crippen molar-refractivity contribution in [2.24, 2.45) is 0 Å². The van der Waals surface area contributed by atoms with Crippen molar-refractivity contribution in [3.8, 4) is 10.6 Å². The molecule has 0 amide bonds. The van der Waals surface area contributed by atoms with Crippen LogP contribution < -0.4 is 4.72 Å². The van der Waals surface area contributed by atoms with Gasteiger partial charge in [-0.25, -0.2) is 8.42 Å². The Kier molecular flexibility index (Phi) is 5.11. The van der Waals surface area contributed by atoms with Gasteiger partial charge < -0.3 is 0 Å². The SMILES string of the molecule is CC(C)n1cc(S(=O)(=O)Nc2ccc(Cl)c(Cl)c2)c(-c2cccs2)n1. The fourth-order valence-electron chi connectivity index (χ4n) is 2.19. The molecule has 0 fully saturated rings. The maximum absolute atomic E-state index is 12.9. The third kappa shape index (κ3) is 3.84. The van der Waals surface area contributed by atoms with Gasteiger partial charge >= 0.3 is 0 Å². The van der Waals surface area contributed by atoms with Crippen LogP contribution >= 0.6 is 34.5 Å². The van der Waals surface area contributed by atoms with Crippen molar-refractivity contribution in [2.45, 2.75) is 24.8 Å². The van der Waals surface area contributed by atoms with Gasteiger partial charge in [0.05, 0.1) is 20.6 Å². The van der Waals surface area contributed by atoms with Gasteiger partial charge in [-0.2, -0.15) is 5.10 Å². The van der Waals surface area contributed by atoms with Crippen molar-refractivity contribution in [3.05, 3.63) is 52.0 Å². The molecule has 1 aromatic carbocycles. The Morgan fingerprint density at radius 3 is 2.56 bits per heavy atom. The lowest BCUT2D eigenvalue weighted by atomic mass is 10.3. The fraction of sp³-hybridized carbons (Fsp3) is 0.188. The first kappa shape index (κ1) is 18.3. The van der Waals surface area contributed by atoms with E-state index in [-0.39, 0.29) is 16.0 Å². The van der Waals surface area contributed by atoms with Crippen LogP contribution in [0.2, 0.25) is 10.0 Å². The van der Waals surface area contributed by atoms with Crippen molar-refractivity contribution >= 4 is 50.2 Å². The highest BCUT2D eigenvalue weighted by Crippen LogP contribution is 2.32. The Bertz CT molecular complexity index is 997. The largest absolute Gasteiger partial charge is 0.279 e. The molecule has 132 valence electrons. The quantitative estimate of drug-likeness (QED) is 0.614. The molecule has 5 nitrogen and oxygen atoms in total. The van der Waals surface area contributed by atoms with Crippen LogP contribution in [-0.2, 0) is 10.0 Å². The van der Waals surface area contributed by atoms with Crippen molar-refractivity contribution in [1.82, 2.24) is 9.78 Å². The number of hydrogen-bond donors (Lipinski definition) is 1. The number of hydrogen-bond acceptors (Lipinski definition) is 4. The number of nitrogens with zero attached hydrogens (tertiary/aromatic N) is 2. The first-order chi connectivity index (χ1) is 11.8. The summed E-state index contributed by atoms with van der Waals surface area (Å²) in [5.74, 6) is 0. The van der Waals surface area contributed by atoms with Crippen molar-refractivity contribution in [2.75, 3.05) is 4.72 Å². The standard InChI is InChI=1S/C16H15Cl2N3O2S2/c1-10(2)21-9-15(16(19-21)14-4-3-7-24-14)25(22,23)20-11-5-6-12(17)13(18)8-11/h3-10,20H,1-2H3. The first-order valence-electron chi connectivity index (χ1n) is 7.39. The van der Waals surface area contributed by atoms with Gasteiger partial charge in [-0.1, -0.05) is 29.3 Å². The molecule has 0 saturated carbocycles. The number of sulfonamides is 1.